The number of para-hydroxylation sites is 1. The van der Waals surface area contributed by atoms with Gasteiger partial charge in [0.25, 0.3) is 11.8 Å². The van der Waals surface area contributed by atoms with Gasteiger partial charge in [-0.25, -0.2) is 0 Å². The van der Waals surface area contributed by atoms with E-state index >= 15 is 0 Å². The molecular formula is C19H20N2O4. The number of nitrogens with two attached hydrogens (primary N) is 1. The lowest BCUT2D eigenvalue weighted by Crippen LogP contribution is -2.39. The van der Waals surface area contributed by atoms with Crippen LogP contribution in [0.3, 0.4) is 0 Å². The zero-order valence-electron chi connectivity index (χ0n) is 14.2. The monoisotopic (exact) mass is 340 g/mol. The molecule has 0 radical (unpaired) electrons. The Labute approximate surface area is 146 Å². The molecule has 1 unspecified atom stereocenters. The van der Waals surface area contributed by atoms with E-state index in [1.165, 1.54) is 13.2 Å². The average molecular weight is 340 g/mol. The Morgan fingerprint density at radius 1 is 1.20 bits per heavy atom. The number of nitrogens with zero attached hydrogens (tertiary/aromatic N) is 1. The van der Waals surface area contributed by atoms with Crippen molar-refractivity contribution in [1.29, 1.82) is 0 Å². The number of rotatable bonds is 5. The molecule has 25 heavy (non-hydrogen) atoms. The molecule has 1 aliphatic rings. The zero-order valence-corrected chi connectivity index (χ0v) is 14.2. The summed E-state index contributed by atoms with van der Waals surface area (Å²) >= 11 is 0. The van der Waals surface area contributed by atoms with Gasteiger partial charge in [0.05, 0.1) is 12.7 Å². The molecule has 0 saturated carbocycles. The number of methoxy groups -OCH3 is 1. The minimum atomic E-state index is -0.767. The van der Waals surface area contributed by atoms with E-state index in [0.29, 0.717) is 12.3 Å². The lowest BCUT2D eigenvalue weighted by atomic mass is 10.1. The molecule has 6 heteroatoms. The number of hydrogen-bond acceptors (Lipinski definition) is 4. The number of amides is 2. The van der Waals surface area contributed by atoms with Crippen molar-refractivity contribution in [2.24, 2.45) is 5.73 Å². The highest BCUT2D eigenvalue weighted by Gasteiger charge is 2.29. The van der Waals surface area contributed by atoms with Gasteiger partial charge in [0.1, 0.15) is 11.5 Å². The van der Waals surface area contributed by atoms with Crippen molar-refractivity contribution >= 4 is 17.5 Å². The van der Waals surface area contributed by atoms with E-state index in [9.17, 15) is 9.59 Å². The smallest absolute Gasteiger partial charge is 0.267 e. The van der Waals surface area contributed by atoms with Crippen LogP contribution in [0.2, 0.25) is 0 Å². The average Bonchev–Trinajstić information content (AvgIpc) is 3.04. The van der Waals surface area contributed by atoms with Crippen LogP contribution in [-0.2, 0) is 11.2 Å². The predicted molar refractivity (Wildman–Crippen MR) is 94.1 cm³/mol. The molecule has 0 aromatic heterocycles. The third-order valence-electron chi connectivity index (χ3n) is 4.26. The second kappa shape index (κ2) is 6.84. The van der Waals surface area contributed by atoms with Gasteiger partial charge in [-0.05, 0) is 37.1 Å². The van der Waals surface area contributed by atoms with Crippen molar-refractivity contribution in [3.05, 3.63) is 53.6 Å². The van der Waals surface area contributed by atoms with Crippen LogP contribution in [0.25, 0.3) is 0 Å². The predicted octanol–water partition coefficient (Wildman–Crippen LogP) is 2.15. The largest absolute Gasteiger partial charge is 0.497 e. The van der Waals surface area contributed by atoms with Crippen LogP contribution in [0.5, 0.6) is 11.5 Å². The molecule has 3 rings (SSSR count). The van der Waals surface area contributed by atoms with Crippen LogP contribution in [-0.4, -0.2) is 31.6 Å². The maximum atomic E-state index is 12.8. The first-order valence-corrected chi connectivity index (χ1v) is 8.05. The third kappa shape index (κ3) is 3.28. The normalized spacial score (nSPS) is 13.9. The van der Waals surface area contributed by atoms with Gasteiger partial charge < -0.3 is 20.1 Å². The SMILES string of the molecule is COc1ccc(C(N)=O)c(OC(C)C(=O)N2CCc3ccccc32)c1. The van der Waals surface area contributed by atoms with E-state index in [4.69, 9.17) is 15.2 Å². The fraction of sp³-hybridized carbons (Fsp3) is 0.263. The molecular weight excluding hydrogens is 320 g/mol. The number of fused-ring (bicyclic) bond motifs is 1. The number of anilines is 1. The van der Waals surface area contributed by atoms with Crippen LogP contribution in [0.4, 0.5) is 5.69 Å². The number of primary amides is 1. The fourth-order valence-corrected chi connectivity index (χ4v) is 2.96. The number of ether oxygens (including phenoxy) is 2. The van der Waals surface area contributed by atoms with E-state index in [-0.39, 0.29) is 17.2 Å². The van der Waals surface area contributed by atoms with Crippen molar-refractivity contribution in [1.82, 2.24) is 0 Å². The quantitative estimate of drug-likeness (QED) is 0.904. The molecule has 2 aromatic carbocycles. The molecule has 0 bridgehead atoms. The molecule has 130 valence electrons. The summed E-state index contributed by atoms with van der Waals surface area (Å²) in [6, 6.07) is 12.5. The Kier molecular flexibility index (Phi) is 4.61. The van der Waals surface area contributed by atoms with Crippen LogP contribution in [0.1, 0.15) is 22.8 Å². The summed E-state index contributed by atoms with van der Waals surface area (Å²) < 4.78 is 10.9. The molecule has 0 fully saturated rings. The summed E-state index contributed by atoms with van der Waals surface area (Å²) in [6.45, 7) is 2.28. The third-order valence-corrected chi connectivity index (χ3v) is 4.26. The molecule has 6 nitrogen and oxygen atoms in total. The maximum Gasteiger partial charge on any atom is 0.267 e. The van der Waals surface area contributed by atoms with Gasteiger partial charge in [-0.1, -0.05) is 18.2 Å². The first-order chi connectivity index (χ1) is 12.0. The number of hydrogen-bond donors (Lipinski definition) is 1. The van der Waals surface area contributed by atoms with Crippen LogP contribution in [0, 0.1) is 0 Å². The zero-order chi connectivity index (χ0) is 18.0. The molecule has 0 saturated heterocycles. The Morgan fingerprint density at radius 2 is 1.96 bits per heavy atom. The van der Waals surface area contributed by atoms with Crippen molar-refractivity contribution in [3.63, 3.8) is 0 Å². The van der Waals surface area contributed by atoms with Crippen molar-refractivity contribution in [3.8, 4) is 11.5 Å². The van der Waals surface area contributed by atoms with E-state index in [1.807, 2.05) is 24.3 Å². The van der Waals surface area contributed by atoms with Crippen LogP contribution >= 0.6 is 0 Å². The first kappa shape index (κ1) is 16.8. The lowest BCUT2D eigenvalue weighted by molar-refractivity contribution is -0.124. The van der Waals surface area contributed by atoms with E-state index in [1.54, 1.807) is 24.0 Å². The van der Waals surface area contributed by atoms with Crippen LogP contribution in [0.15, 0.2) is 42.5 Å². The van der Waals surface area contributed by atoms with Crippen LogP contribution < -0.4 is 20.1 Å². The summed E-state index contributed by atoms with van der Waals surface area (Å²) in [5.41, 5.74) is 7.65. The number of carbonyl (C=O) groups excluding carboxylic acids is 2. The maximum absolute atomic E-state index is 12.8. The van der Waals surface area contributed by atoms with Gasteiger partial charge in [-0.3, -0.25) is 9.59 Å². The highest BCUT2D eigenvalue weighted by atomic mass is 16.5. The molecule has 2 amide bonds. The van der Waals surface area contributed by atoms with E-state index in [0.717, 1.165) is 17.7 Å². The Morgan fingerprint density at radius 3 is 2.68 bits per heavy atom. The highest BCUT2D eigenvalue weighted by Crippen LogP contribution is 2.30. The second-order valence-corrected chi connectivity index (χ2v) is 5.86. The summed E-state index contributed by atoms with van der Waals surface area (Å²) in [5.74, 6) is -0.0293. The van der Waals surface area contributed by atoms with Crippen molar-refractivity contribution in [2.45, 2.75) is 19.4 Å². The summed E-state index contributed by atoms with van der Waals surface area (Å²) in [7, 11) is 1.51. The standard InChI is InChI=1S/C19H20N2O4/c1-12(19(23)21-10-9-13-5-3-4-6-16(13)21)25-17-11-14(24-2)7-8-15(17)18(20)22/h3-8,11-12H,9-10H2,1-2H3,(H2,20,22). The molecule has 1 heterocycles. The van der Waals surface area contributed by atoms with Gasteiger partial charge in [0.2, 0.25) is 0 Å². The van der Waals surface area contributed by atoms with Crippen molar-refractivity contribution in [2.75, 3.05) is 18.6 Å². The Balaban J connectivity index is 1.82. The van der Waals surface area contributed by atoms with Gasteiger partial charge in [-0.2, -0.15) is 0 Å². The second-order valence-electron chi connectivity index (χ2n) is 5.86. The van der Waals surface area contributed by atoms with E-state index in [2.05, 4.69) is 0 Å². The first-order valence-electron chi connectivity index (χ1n) is 8.05. The van der Waals surface area contributed by atoms with E-state index < -0.39 is 12.0 Å². The highest BCUT2D eigenvalue weighted by molar-refractivity contribution is 5.99. The number of carbonyl (C=O) groups is 2. The van der Waals surface area contributed by atoms with Crippen molar-refractivity contribution < 1.29 is 19.1 Å². The van der Waals surface area contributed by atoms with Gasteiger partial charge in [-0.15, -0.1) is 0 Å². The van der Waals surface area contributed by atoms with Gasteiger partial charge >= 0.3 is 0 Å². The Hall–Kier alpha value is -3.02. The minimum Gasteiger partial charge on any atom is -0.497 e. The summed E-state index contributed by atoms with van der Waals surface area (Å²) in [6.07, 6.45) is 0.0525. The molecule has 0 spiro atoms. The number of benzene rings is 2. The van der Waals surface area contributed by atoms with Gasteiger partial charge in [0.15, 0.2) is 6.10 Å². The summed E-state index contributed by atoms with van der Waals surface area (Å²) in [5, 5.41) is 0. The van der Waals surface area contributed by atoms with Gasteiger partial charge in [0, 0.05) is 18.3 Å². The molecule has 1 atom stereocenters. The molecule has 2 aromatic rings. The minimum absolute atomic E-state index is 0.164. The summed E-state index contributed by atoms with van der Waals surface area (Å²) in [4.78, 5) is 26.1. The lowest BCUT2D eigenvalue weighted by Gasteiger charge is -2.23. The Bertz CT molecular complexity index is 819. The topological polar surface area (TPSA) is 81.9 Å². The molecule has 1 aliphatic heterocycles. The fourth-order valence-electron chi connectivity index (χ4n) is 2.96. The molecule has 0 aliphatic carbocycles. The molecule has 2 N–H and O–H groups in total.